The number of nitrogens with one attached hydrogen (secondary N) is 2. The van der Waals surface area contributed by atoms with Gasteiger partial charge in [0, 0.05) is 31.8 Å². The van der Waals surface area contributed by atoms with Crippen LogP contribution in [0.4, 0.5) is 4.39 Å². The van der Waals surface area contributed by atoms with Gasteiger partial charge in [0.2, 0.25) is 5.91 Å². The molecule has 2 atom stereocenters. The van der Waals surface area contributed by atoms with Crippen molar-refractivity contribution in [2.75, 3.05) is 13.6 Å². The second-order valence-corrected chi connectivity index (χ2v) is 8.64. The molecule has 30 heavy (non-hydrogen) atoms. The van der Waals surface area contributed by atoms with Crippen molar-refractivity contribution in [3.05, 3.63) is 71.0 Å². The first-order chi connectivity index (χ1) is 14.6. The molecule has 2 N–H and O–H groups in total. The van der Waals surface area contributed by atoms with E-state index in [1.54, 1.807) is 28.4 Å². The SMILES string of the molecule is CN(CCCC1CC(c2ccc(F)cc2)NN1)C(=O)/C=C/c1nc2ccccc2s1. The maximum absolute atomic E-state index is 13.1. The Morgan fingerprint density at radius 3 is 2.83 bits per heavy atom. The minimum absolute atomic E-state index is 0.0176. The van der Waals surface area contributed by atoms with Crippen LogP contribution >= 0.6 is 11.3 Å². The fourth-order valence-corrected chi connectivity index (χ4v) is 4.51. The summed E-state index contributed by atoms with van der Waals surface area (Å²) in [4.78, 5) is 18.6. The molecule has 1 aromatic heterocycles. The average molecular weight is 425 g/mol. The van der Waals surface area contributed by atoms with Crippen LogP contribution in [0.1, 0.15) is 35.9 Å². The molecule has 0 radical (unpaired) electrons. The van der Waals surface area contributed by atoms with E-state index in [2.05, 4.69) is 15.8 Å². The fourth-order valence-electron chi connectivity index (χ4n) is 3.64. The number of halogens is 1. The Labute approximate surface area is 179 Å². The number of aromatic nitrogens is 1. The van der Waals surface area contributed by atoms with Gasteiger partial charge in [0.25, 0.3) is 0 Å². The van der Waals surface area contributed by atoms with E-state index in [1.807, 2.05) is 43.4 Å². The summed E-state index contributed by atoms with van der Waals surface area (Å²) in [5.41, 5.74) is 8.64. The predicted molar refractivity (Wildman–Crippen MR) is 119 cm³/mol. The molecule has 2 unspecified atom stereocenters. The number of hydrazine groups is 1. The van der Waals surface area contributed by atoms with E-state index in [0.717, 1.165) is 40.1 Å². The molecule has 156 valence electrons. The summed E-state index contributed by atoms with van der Waals surface area (Å²) in [6, 6.07) is 15.1. The van der Waals surface area contributed by atoms with Crippen molar-refractivity contribution >= 4 is 33.5 Å². The van der Waals surface area contributed by atoms with Gasteiger partial charge in [0.1, 0.15) is 10.8 Å². The van der Waals surface area contributed by atoms with Gasteiger partial charge >= 0.3 is 0 Å². The lowest BCUT2D eigenvalue weighted by atomic mass is 9.99. The molecule has 0 bridgehead atoms. The number of hydrogen-bond donors (Lipinski definition) is 2. The van der Waals surface area contributed by atoms with E-state index in [0.29, 0.717) is 12.6 Å². The molecule has 1 aliphatic rings. The van der Waals surface area contributed by atoms with Crippen molar-refractivity contribution in [3.63, 3.8) is 0 Å². The van der Waals surface area contributed by atoms with Crippen LogP contribution in [-0.4, -0.2) is 35.4 Å². The van der Waals surface area contributed by atoms with Crippen LogP contribution in [0.25, 0.3) is 16.3 Å². The number of carbonyl (C=O) groups is 1. The van der Waals surface area contributed by atoms with Crippen LogP contribution in [0.15, 0.2) is 54.6 Å². The minimum atomic E-state index is -0.217. The fraction of sp³-hybridized carbons (Fsp3) is 0.304. The van der Waals surface area contributed by atoms with E-state index >= 15 is 0 Å². The summed E-state index contributed by atoms with van der Waals surface area (Å²) < 4.78 is 14.2. The average Bonchev–Trinajstić information content (AvgIpc) is 3.39. The molecular formula is C23H25FN4OS. The molecule has 5 nitrogen and oxygen atoms in total. The largest absolute Gasteiger partial charge is 0.342 e. The maximum Gasteiger partial charge on any atom is 0.246 e. The Balaban J connectivity index is 1.21. The van der Waals surface area contributed by atoms with Gasteiger partial charge in [-0.1, -0.05) is 24.3 Å². The van der Waals surface area contributed by atoms with Gasteiger partial charge in [-0.25, -0.2) is 9.37 Å². The number of rotatable bonds is 7. The highest BCUT2D eigenvalue weighted by atomic mass is 32.1. The number of thiazole rings is 1. The Morgan fingerprint density at radius 2 is 2.03 bits per heavy atom. The van der Waals surface area contributed by atoms with E-state index in [1.165, 1.54) is 12.1 Å². The van der Waals surface area contributed by atoms with Crippen molar-refractivity contribution in [2.45, 2.75) is 31.3 Å². The van der Waals surface area contributed by atoms with Gasteiger partial charge in [-0.15, -0.1) is 11.3 Å². The van der Waals surface area contributed by atoms with Crippen LogP contribution in [0.3, 0.4) is 0 Å². The van der Waals surface area contributed by atoms with Crippen molar-refractivity contribution in [1.29, 1.82) is 0 Å². The van der Waals surface area contributed by atoms with Crippen molar-refractivity contribution in [2.24, 2.45) is 0 Å². The Morgan fingerprint density at radius 1 is 1.23 bits per heavy atom. The van der Waals surface area contributed by atoms with Crippen molar-refractivity contribution in [3.8, 4) is 0 Å². The highest BCUT2D eigenvalue weighted by molar-refractivity contribution is 7.19. The van der Waals surface area contributed by atoms with Crippen molar-refractivity contribution in [1.82, 2.24) is 20.7 Å². The molecule has 4 rings (SSSR count). The number of nitrogens with zero attached hydrogens (tertiary/aromatic N) is 2. The van der Waals surface area contributed by atoms with Gasteiger partial charge < -0.3 is 4.90 Å². The normalized spacial score (nSPS) is 19.0. The number of amides is 1. The third kappa shape index (κ3) is 5.11. The minimum Gasteiger partial charge on any atom is -0.342 e. The van der Waals surface area contributed by atoms with E-state index in [-0.39, 0.29) is 17.8 Å². The lowest BCUT2D eigenvalue weighted by molar-refractivity contribution is -0.124. The molecule has 2 heterocycles. The van der Waals surface area contributed by atoms with Crippen LogP contribution in [0, 0.1) is 5.82 Å². The maximum atomic E-state index is 13.1. The third-order valence-corrected chi connectivity index (χ3v) is 6.36. The van der Waals surface area contributed by atoms with Crippen LogP contribution < -0.4 is 10.9 Å². The standard InChI is InChI=1S/C23H25FN4OS/c1-28(23(29)13-12-22-25-19-6-2-3-7-21(19)30-22)14-4-5-18-15-20(27-26-18)16-8-10-17(24)11-9-16/h2-3,6-13,18,20,26-27H,4-5,14-15H2,1H3/b13-12+. The topological polar surface area (TPSA) is 57.3 Å². The molecule has 1 aliphatic heterocycles. The molecule has 0 saturated carbocycles. The highest BCUT2D eigenvalue weighted by Gasteiger charge is 2.24. The molecule has 0 spiro atoms. The first kappa shape index (κ1) is 20.7. The van der Waals surface area contributed by atoms with Crippen molar-refractivity contribution < 1.29 is 9.18 Å². The molecule has 2 aromatic carbocycles. The Bertz CT molecular complexity index is 1000. The second kappa shape index (κ2) is 9.47. The summed E-state index contributed by atoms with van der Waals surface area (Å²) in [7, 11) is 1.83. The number of likely N-dealkylation sites (N-methyl/N-ethyl adjacent to an activating group) is 1. The number of para-hydroxylation sites is 1. The summed E-state index contributed by atoms with van der Waals surface area (Å²) >= 11 is 1.58. The Hall–Kier alpha value is -2.61. The number of hydrogen-bond acceptors (Lipinski definition) is 5. The smallest absolute Gasteiger partial charge is 0.246 e. The zero-order valence-electron chi connectivity index (χ0n) is 16.8. The zero-order chi connectivity index (χ0) is 20.9. The molecule has 7 heteroatoms. The molecule has 0 aliphatic carbocycles. The lowest BCUT2D eigenvalue weighted by Crippen LogP contribution is -2.32. The van der Waals surface area contributed by atoms with Gasteiger partial charge in [-0.3, -0.25) is 15.6 Å². The first-order valence-electron chi connectivity index (χ1n) is 10.1. The van der Waals surface area contributed by atoms with E-state index in [9.17, 15) is 9.18 Å². The Kier molecular flexibility index (Phi) is 6.52. The van der Waals surface area contributed by atoms with Gasteiger partial charge in [0.15, 0.2) is 0 Å². The molecule has 1 saturated heterocycles. The molecular weight excluding hydrogens is 399 g/mol. The monoisotopic (exact) mass is 424 g/mol. The molecule has 1 fully saturated rings. The highest BCUT2D eigenvalue weighted by Crippen LogP contribution is 2.24. The number of benzene rings is 2. The lowest BCUT2D eigenvalue weighted by Gasteiger charge is -2.16. The van der Waals surface area contributed by atoms with E-state index in [4.69, 9.17) is 0 Å². The van der Waals surface area contributed by atoms with Gasteiger partial charge in [-0.2, -0.15) is 0 Å². The van der Waals surface area contributed by atoms with Gasteiger partial charge in [0.05, 0.1) is 10.2 Å². The summed E-state index contributed by atoms with van der Waals surface area (Å²) in [6.45, 7) is 0.697. The van der Waals surface area contributed by atoms with Crippen LogP contribution in [0.2, 0.25) is 0 Å². The second-order valence-electron chi connectivity index (χ2n) is 7.58. The number of carbonyl (C=O) groups excluding carboxylic acids is 1. The zero-order valence-corrected chi connectivity index (χ0v) is 17.7. The van der Waals surface area contributed by atoms with Gasteiger partial charge in [-0.05, 0) is 55.2 Å². The number of fused-ring (bicyclic) bond motifs is 1. The molecule has 3 aromatic rings. The first-order valence-corrected chi connectivity index (χ1v) is 11.0. The summed E-state index contributed by atoms with van der Waals surface area (Å²) in [5.74, 6) is -0.234. The summed E-state index contributed by atoms with van der Waals surface area (Å²) in [6.07, 6.45) is 6.20. The van der Waals surface area contributed by atoms with Crippen LogP contribution in [-0.2, 0) is 4.79 Å². The third-order valence-electron chi connectivity index (χ3n) is 5.36. The van der Waals surface area contributed by atoms with E-state index < -0.39 is 0 Å². The summed E-state index contributed by atoms with van der Waals surface area (Å²) in [5, 5.41) is 0.839. The van der Waals surface area contributed by atoms with Crippen LogP contribution in [0.5, 0.6) is 0 Å². The quantitative estimate of drug-likeness (QED) is 0.556. The molecule has 1 amide bonds. The predicted octanol–water partition coefficient (Wildman–Crippen LogP) is 4.30.